The van der Waals surface area contributed by atoms with E-state index in [9.17, 15) is 9.90 Å². The number of rotatable bonds is 4. The van der Waals surface area contributed by atoms with E-state index >= 15 is 0 Å². The van der Waals surface area contributed by atoms with Crippen LogP contribution in [0.5, 0.6) is 5.75 Å². The first kappa shape index (κ1) is 15.6. The Morgan fingerprint density at radius 2 is 1.38 bits per heavy atom. The number of primary amides is 1. The van der Waals surface area contributed by atoms with Gasteiger partial charge in [0.2, 0.25) is 0 Å². The van der Waals surface area contributed by atoms with Crippen LogP contribution in [0, 0.1) is 0 Å². The van der Waals surface area contributed by atoms with E-state index in [1.54, 1.807) is 12.1 Å². The van der Waals surface area contributed by atoms with Gasteiger partial charge in [-0.25, -0.2) is 0 Å². The fourth-order valence-corrected chi connectivity index (χ4v) is 2.74. The molecule has 0 atom stereocenters. The first-order valence-corrected chi connectivity index (χ1v) is 7.55. The van der Waals surface area contributed by atoms with Crippen molar-refractivity contribution in [2.75, 3.05) is 0 Å². The van der Waals surface area contributed by atoms with E-state index in [4.69, 9.17) is 5.73 Å². The third kappa shape index (κ3) is 2.79. The highest BCUT2D eigenvalue weighted by molar-refractivity contribution is 5.99. The van der Waals surface area contributed by atoms with Crippen LogP contribution >= 0.6 is 0 Å². The van der Waals surface area contributed by atoms with E-state index < -0.39 is 5.91 Å². The van der Waals surface area contributed by atoms with Crippen LogP contribution in [0.3, 0.4) is 0 Å². The Hall–Kier alpha value is -3.33. The molecule has 0 heterocycles. The quantitative estimate of drug-likeness (QED) is 0.757. The number of carbonyl (C=O) groups is 1. The van der Waals surface area contributed by atoms with Gasteiger partial charge in [0.1, 0.15) is 5.75 Å². The fourth-order valence-electron chi connectivity index (χ4n) is 2.74. The molecule has 3 N–H and O–H groups in total. The smallest absolute Gasteiger partial charge is 0.252 e. The van der Waals surface area contributed by atoms with Gasteiger partial charge in [-0.15, -0.1) is 0 Å². The number of hydrogen-bond donors (Lipinski definition) is 2. The van der Waals surface area contributed by atoms with Crippen molar-refractivity contribution in [3.05, 3.63) is 96.1 Å². The van der Waals surface area contributed by atoms with Crippen LogP contribution in [0.15, 0.2) is 79.4 Å². The molecule has 0 fully saturated rings. The molecule has 3 nitrogen and oxygen atoms in total. The lowest BCUT2D eigenvalue weighted by Crippen LogP contribution is -2.11. The molecular weight excluding hydrogens is 298 g/mol. The normalized spacial score (nSPS) is 10.3. The molecule has 0 saturated heterocycles. The van der Waals surface area contributed by atoms with Gasteiger partial charge in [-0.3, -0.25) is 4.79 Å². The summed E-state index contributed by atoms with van der Waals surface area (Å²) in [5.74, 6) is -0.771. The first-order chi connectivity index (χ1) is 11.6. The second-order valence-corrected chi connectivity index (χ2v) is 5.46. The van der Waals surface area contributed by atoms with Crippen molar-refractivity contribution in [3.63, 3.8) is 0 Å². The number of phenols is 1. The Morgan fingerprint density at radius 1 is 0.792 bits per heavy atom. The molecule has 0 aliphatic carbocycles. The zero-order valence-corrected chi connectivity index (χ0v) is 13.1. The molecule has 118 valence electrons. The lowest BCUT2D eigenvalue weighted by Gasteiger charge is -2.14. The maximum absolute atomic E-state index is 11.5. The predicted octanol–water partition coefficient (Wildman–Crippen LogP) is 4.22. The largest absolute Gasteiger partial charge is 0.506 e. The maximum atomic E-state index is 11.5. The average molecular weight is 315 g/mol. The second-order valence-electron chi connectivity index (χ2n) is 5.46. The van der Waals surface area contributed by atoms with Crippen molar-refractivity contribution < 1.29 is 9.90 Å². The van der Waals surface area contributed by atoms with Crippen LogP contribution in [-0.2, 0) is 0 Å². The molecule has 0 aliphatic rings. The van der Waals surface area contributed by atoms with E-state index in [1.807, 2.05) is 54.6 Å². The third-order valence-corrected chi connectivity index (χ3v) is 3.97. The van der Waals surface area contributed by atoms with Gasteiger partial charge in [0, 0.05) is 5.56 Å². The van der Waals surface area contributed by atoms with E-state index in [1.165, 1.54) is 6.07 Å². The number of carbonyl (C=O) groups excluding carboxylic acids is 1. The summed E-state index contributed by atoms with van der Waals surface area (Å²) in [6.07, 6.45) is 0. The summed E-state index contributed by atoms with van der Waals surface area (Å²) in [7, 11) is 0. The number of para-hydroxylation sites is 1. The number of nitrogens with two attached hydrogens (primary N) is 1. The summed E-state index contributed by atoms with van der Waals surface area (Å²) >= 11 is 0. The summed E-state index contributed by atoms with van der Waals surface area (Å²) in [5, 5.41) is 10.5. The molecule has 3 aromatic rings. The van der Waals surface area contributed by atoms with Crippen molar-refractivity contribution in [2.45, 2.75) is 0 Å². The van der Waals surface area contributed by atoms with E-state index in [0.29, 0.717) is 5.56 Å². The highest BCUT2D eigenvalue weighted by Crippen LogP contribution is 2.37. The SMILES string of the molecule is C=C(c1ccccc1)c1ccccc1-c1cccc(C(N)=O)c1O. The van der Waals surface area contributed by atoms with Gasteiger partial charge in [0.05, 0.1) is 5.56 Å². The zero-order chi connectivity index (χ0) is 17.1. The minimum Gasteiger partial charge on any atom is -0.506 e. The Kier molecular flexibility index (Phi) is 4.17. The van der Waals surface area contributed by atoms with Crippen molar-refractivity contribution in [1.29, 1.82) is 0 Å². The summed E-state index contributed by atoms with van der Waals surface area (Å²) in [6, 6.07) is 22.4. The van der Waals surface area contributed by atoms with Gasteiger partial charge in [-0.1, -0.05) is 73.3 Å². The van der Waals surface area contributed by atoms with Gasteiger partial charge in [-0.2, -0.15) is 0 Å². The van der Waals surface area contributed by atoms with Crippen LogP contribution in [0.2, 0.25) is 0 Å². The van der Waals surface area contributed by atoms with Crippen LogP contribution in [-0.4, -0.2) is 11.0 Å². The predicted molar refractivity (Wildman–Crippen MR) is 96.6 cm³/mol. The second kappa shape index (κ2) is 6.42. The molecule has 0 spiro atoms. The maximum Gasteiger partial charge on any atom is 0.252 e. The minimum absolute atomic E-state index is 0.104. The van der Waals surface area contributed by atoms with Crippen LogP contribution < -0.4 is 5.73 Å². The molecule has 0 aromatic heterocycles. The fraction of sp³-hybridized carbons (Fsp3) is 0. The van der Waals surface area contributed by atoms with Gasteiger partial charge < -0.3 is 10.8 Å². The van der Waals surface area contributed by atoms with Crippen LogP contribution in [0.1, 0.15) is 21.5 Å². The van der Waals surface area contributed by atoms with Crippen LogP contribution in [0.4, 0.5) is 0 Å². The molecule has 0 radical (unpaired) electrons. The average Bonchev–Trinajstić information content (AvgIpc) is 2.62. The third-order valence-electron chi connectivity index (χ3n) is 3.97. The van der Waals surface area contributed by atoms with Gasteiger partial charge >= 0.3 is 0 Å². The Labute approximate surface area is 140 Å². The standard InChI is InChI=1S/C21H17NO2/c1-14(15-8-3-2-4-9-15)16-10-5-6-11-17(16)18-12-7-13-19(20(18)23)21(22)24/h2-13,23H,1H2,(H2,22,24). The number of hydrogen-bond acceptors (Lipinski definition) is 2. The van der Waals surface area contributed by atoms with Gasteiger partial charge in [0.25, 0.3) is 5.91 Å². The molecule has 0 aliphatic heterocycles. The summed E-state index contributed by atoms with van der Waals surface area (Å²) in [5.41, 5.74) is 9.52. The Bertz CT molecular complexity index is 914. The van der Waals surface area contributed by atoms with E-state index in [-0.39, 0.29) is 11.3 Å². The lowest BCUT2D eigenvalue weighted by molar-refractivity contribution is 0.0998. The number of amides is 1. The first-order valence-electron chi connectivity index (χ1n) is 7.55. The summed E-state index contributed by atoms with van der Waals surface area (Å²) in [4.78, 5) is 11.5. The van der Waals surface area contributed by atoms with Gasteiger partial charge in [0.15, 0.2) is 0 Å². The lowest BCUT2D eigenvalue weighted by atomic mass is 9.90. The highest BCUT2D eigenvalue weighted by atomic mass is 16.3. The van der Waals surface area contributed by atoms with Crippen molar-refractivity contribution in [1.82, 2.24) is 0 Å². The minimum atomic E-state index is -0.659. The molecule has 3 rings (SSSR count). The van der Waals surface area contributed by atoms with E-state index in [2.05, 4.69) is 6.58 Å². The molecule has 0 unspecified atom stereocenters. The molecule has 24 heavy (non-hydrogen) atoms. The van der Waals surface area contributed by atoms with Crippen molar-refractivity contribution >= 4 is 11.5 Å². The summed E-state index contributed by atoms with van der Waals surface area (Å²) in [6.45, 7) is 4.20. The van der Waals surface area contributed by atoms with Crippen LogP contribution in [0.25, 0.3) is 16.7 Å². The van der Waals surface area contributed by atoms with Gasteiger partial charge in [-0.05, 0) is 28.3 Å². The molecule has 1 amide bonds. The molecule has 0 saturated carbocycles. The number of benzene rings is 3. The number of aromatic hydroxyl groups is 1. The van der Waals surface area contributed by atoms with E-state index in [0.717, 1.165) is 22.3 Å². The summed E-state index contributed by atoms with van der Waals surface area (Å²) < 4.78 is 0. The van der Waals surface area contributed by atoms with Crippen molar-refractivity contribution in [2.24, 2.45) is 5.73 Å². The van der Waals surface area contributed by atoms with Crippen molar-refractivity contribution in [3.8, 4) is 16.9 Å². The zero-order valence-electron chi connectivity index (χ0n) is 13.1. The Balaban J connectivity index is 2.17. The molecule has 3 aromatic carbocycles. The molecule has 3 heteroatoms. The molecule has 0 bridgehead atoms. The Morgan fingerprint density at radius 3 is 2.08 bits per heavy atom. The topological polar surface area (TPSA) is 63.3 Å². The monoisotopic (exact) mass is 315 g/mol. The highest BCUT2D eigenvalue weighted by Gasteiger charge is 2.16. The molecular formula is C21H17NO2.